The van der Waals surface area contributed by atoms with Crippen LogP contribution in [0.1, 0.15) is 27.2 Å². The van der Waals surface area contributed by atoms with Gasteiger partial charge in [0.2, 0.25) is 5.91 Å². The highest BCUT2D eigenvalue weighted by atomic mass is 19.1. The first-order valence-corrected chi connectivity index (χ1v) is 5.07. The third-order valence-corrected chi connectivity index (χ3v) is 2.41. The van der Waals surface area contributed by atoms with Crippen molar-refractivity contribution in [3.63, 3.8) is 0 Å². The molecule has 14 heavy (non-hydrogen) atoms. The van der Waals surface area contributed by atoms with Crippen molar-refractivity contribution in [1.82, 2.24) is 10.6 Å². The Hall–Kier alpha value is -0.640. The Morgan fingerprint density at radius 2 is 2.14 bits per heavy atom. The van der Waals surface area contributed by atoms with E-state index < -0.39 is 11.6 Å². The van der Waals surface area contributed by atoms with Crippen LogP contribution in [0.5, 0.6) is 0 Å². The standard InChI is InChI=1S/C10H19FN2O/c1-10(2,3)9(14)13-8-4-5-12-6-7(8)11/h7-8,12H,4-6H2,1-3H3,(H,13,14). The highest BCUT2D eigenvalue weighted by Crippen LogP contribution is 2.15. The van der Waals surface area contributed by atoms with Gasteiger partial charge in [0.05, 0.1) is 6.04 Å². The summed E-state index contributed by atoms with van der Waals surface area (Å²) in [6.07, 6.45) is -0.293. The molecule has 1 rings (SSSR count). The second-order valence-corrected chi connectivity index (χ2v) is 4.84. The van der Waals surface area contributed by atoms with Crippen LogP contribution >= 0.6 is 0 Å². The van der Waals surface area contributed by atoms with E-state index >= 15 is 0 Å². The van der Waals surface area contributed by atoms with Crippen LogP contribution in [0.25, 0.3) is 0 Å². The normalized spacial score (nSPS) is 28.6. The van der Waals surface area contributed by atoms with E-state index in [1.54, 1.807) is 0 Å². The SMILES string of the molecule is CC(C)(C)C(=O)NC1CCNCC1F. The molecule has 1 aliphatic heterocycles. The topological polar surface area (TPSA) is 41.1 Å². The summed E-state index contributed by atoms with van der Waals surface area (Å²) in [5, 5.41) is 5.70. The molecule has 0 bridgehead atoms. The van der Waals surface area contributed by atoms with Crippen LogP contribution in [0.15, 0.2) is 0 Å². The number of alkyl halides is 1. The molecule has 1 heterocycles. The third kappa shape index (κ3) is 2.94. The van der Waals surface area contributed by atoms with E-state index in [0.29, 0.717) is 13.0 Å². The lowest BCUT2D eigenvalue weighted by Crippen LogP contribution is -2.53. The minimum Gasteiger partial charge on any atom is -0.350 e. The lowest BCUT2D eigenvalue weighted by Gasteiger charge is -2.30. The molecule has 2 atom stereocenters. The Morgan fingerprint density at radius 1 is 1.50 bits per heavy atom. The number of halogens is 1. The predicted molar refractivity (Wildman–Crippen MR) is 53.8 cm³/mol. The van der Waals surface area contributed by atoms with Crippen LogP contribution in [0, 0.1) is 5.41 Å². The van der Waals surface area contributed by atoms with Crippen molar-refractivity contribution in [3.8, 4) is 0 Å². The van der Waals surface area contributed by atoms with E-state index in [1.165, 1.54) is 0 Å². The van der Waals surface area contributed by atoms with Crippen molar-refractivity contribution < 1.29 is 9.18 Å². The number of nitrogens with one attached hydrogen (secondary N) is 2. The van der Waals surface area contributed by atoms with Gasteiger partial charge in [0.1, 0.15) is 6.17 Å². The molecular weight excluding hydrogens is 183 g/mol. The Labute approximate surface area is 84.4 Å². The molecule has 0 aromatic carbocycles. The van der Waals surface area contributed by atoms with Crippen molar-refractivity contribution >= 4 is 5.91 Å². The minimum atomic E-state index is -0.963. The summed E-state index contributed by atoms with van der Waals surface area (Å²) >= 11 is 0. The zero-order valence-corrected chi connectivity index (χ0v) is 9.06. The monoisotopic (exact) mass is 202 g/mol. The molecule has 0 radical (unpaired) electrons. The van der Waals surface area contributed by atoms with E-state index in [4.69, 9.17) is 0 Å². The molecule has 82 valence electrons. The fourth-order valence-electron chi connectivity index (χ4n) is 1.37. The largest absolute Gasteiger partial charge is 0.350 e. The van der Waals surface area contributed by atoms with Gasteiger partial charge in [0.25, 0.3) is 0 Å². The van der Waals surface area contributed by atoms with Crippen LogP contribution in [-0.2, 0) is 4.79 Å². The molecule has 1 amide bonds. The zero-order chi connectivity index (χ0) is 10.8. The first-order valence-electron chi connectivity index (χ1n) is 5.07. The molecule has 1 fully saturated rings. The van der Waals surface area contributed by atoms with Crippen LogP contribution in [-0.4, -0.2) is 31.2 Å². The lowest BCUT2D eigenvalue weighted by molar-refractivity contribution is -0.129. The number of amides is 1. The molecule has 3 nitrogen and oxygen atoms in total. The molecule has 1 saturated heterocycles. The van der Waals surface area contributed by atoms with Gasteiger partial charge in [-0.05, 0) is 13.0 Å². The molecule has 0 aromatic heterocycles. The number of carbonyl (C=O) groups is 1. The van der Waals surface area contributed by atoms with Crippen molar-refractivity contribution in [2.24, 2.45) is 5.41 Å². The van der Waals surface area contributed by atoms with Crippen LogP contribution < -0.4 is 10.6 Å². The Bertz CT molecular complexity index is 213. The maximum atomic E-state index is 13.3. The van der Waals surface area contributed by atoms with Gasteiger partial charge in [0.15, 0.2) is 0 Å². The van der Waals surface area contributed by atoms with Crippen LogP contribution in [0.4, 0.5) is 4.39 Å². The second-order valence-electron chi connectivity index (χ2n) is 4.84. The van der Waals surface area contributed by atoms with Crippen molar-refractivity contribution in [2.75, 3.05) is 13.1 Å². The Balaban J connectivity index is 2.46. The van der Waals surface area contributed by atoms with Gasteiger partial charge in [-0.1, -0.05) is 20.8 Å². The molecule has 1 aliphatic rings. The first-order chi connectivity index (χ1) is 6.41. The molecule has 4 heteroatoms. The summed E-state index contributed by atoms with van der Waals surface area (Å²) in [5.41, 5.74) is -0.440. The van der Waals surface area contributed by atoms with E-state index in [9.17, 15) is 9.18 Å². The smallest absolute Gasteiger partial charge is 0.225 e. The van der Waals surface area contributed by atoms with E-state index in [1.807, 2.05) is 20.8 Å². The van der Waals surface area contributed by atoms with Crippen molar-refractivity contribution in [2.45, 2.75) is 39.4 Å². The Morgan fingerprint density at radius 3 is 2.64 bits per heavy atom. The van der Waals surface area contributed by atoms with Gasteiger partial charge < -0.3 is 10.6 Å². The summed E-state index contributed by atoms with van der Waals surface area (Å²) in [5.74, 6) is -0.0768. The highest BCUT2D eigenvalue weighted by molar-refractivity contribution is 5.81. The summed E-state index contributed by atoms with van der Waals surface area (Å²) in [7, 11) is 0. The van der Waals surface area contributed by atoms with Crippen LogP contribution in [0.3, 0.4) is 0 Å². The minimum absolute atomic E-state index is 0.0768. The fraction of sp³-hybridized carbons (Fsp3) is 0.900. The predicted octanol–water partition coefficient (Wildman–Crippen LogP) is 0.849. The van der Waals surface area contributed by atoms with E-state index in [2.05, 4.69) is 10.6 Å². The maximum absolute atomic E-state index is 13.3. The average Bonchev–Trinajstić information content (AvgIpc) is 2.07. The quantitative estimate of drug-likeness (QED) is 0.662. The molecule has 2 unspecified atom stereocenters. The second kappa shape index (κ2) is 4.26. The van der Waals surface area contributed by atoms with Gasteiger partial charge in [-0.3, -0.25) is 4.79 Å². The lowest BCUT2D eigenvalue weighted by atomic mass is 9.94. The van der Waals surface area contributed by atoms with E-state index in [0.717, 1.165) is 6.54 Å². The maximum Gasteiger partial charge on any atom is 0.225 e. The fourth-order valence-corrected chi connectivity index (χ4v) is 1.37. The summed E-state index contributed by atoms with van der Waals surface area (Å²) in [4.78, 5) is 11.6. The van der Waals surface area contributed by atoms with Crippen molar-refractivity contribution in [3.05, 3.63) is 0 Å². The molecule has 0 aliphatic carbocycles. The molecular formula is C10H19FN2O. The number of piperidine rings is 1. The summed E-state index contributed by atoms with van der Waals surface area (Å²) in [6.45, 7) is 6.61. The number of hydrogen-bond donors (Lipinski definition) is 2. The zero-order valence-electron chi connectivity index (χ0n) is 9.06. The average molecular weight is 202 g/mol. The summed E-state index contributed by atoms with van der Waals surface area (Å²) in [6, 6.07) is -0.317. The Kier molecular flexibility index (Phi) is 3.48. The number of hydrogen-bond acceptors (Lipinski definition) is 2. The summed E-state index contributed by atoms with van der Waals surface area (Å²) < 4.78 is 13.3. The van der Waals surface area contributed by atoms with E-state index in [-0.39, 0.29) is 11.9 Å². The van der Waals surface area contributed by atoms with Crippen molar-refractivity contribution in [1.29, 1.82) is 0 Å². The van der Waals surface area contributed by atoms with Gasteiger partial charge in [-0.2, -0.15) is 0 Å². The first kappa shape index (κ1) is 11.4. The molecule has 0 spiro atoms. The van der Waals surface area contributed by atoms with Crippen LogP contribution in [0.2, 0.25) is 0 Å². The molecule has 0 aromatic rings. The van der Waals surface area contributed by atoms with Gasteiger partial charge in [-0.15, -0.1) is 0 Å². The van der Waals surface area contributed by atoms with Gasteiger partial charge >= 0.3 is 0 Å². The molecule has 2 N–H and O–H groups in total. The molecule has 0 saturated carbocycles. The third-order valence-electron chi connectivity index (χ3n) is 2.41. The number of carbonyl (C=O) groups excluding carboxylic acids is 1. The number of rotatable bonds is 1. The highest BCUT2D eigenvalue weighted by Gasteiger charge is 2.29. The van der Waals surface area contributed by atoms with Gasteiger partial charge in [0, 0.05) is 12.0 Å². The van der Waals surface area contributed by atoms with Gasteiger partial charge in [-0.25, -0.2) is 4.39 Å².